The standard InChI is InChI=1S/C54H35NS/c1-2-12-39-33-40(22-21-36(39)11-1)37-23-28-43(29-24-37)55(44-30-25-38(26-31-44)41-27-32-54-51(34-41)49-18-8-10-20-53(49)56-54)52-19-9-7-17-48(52)50-35-42-13-3-4-14-45(42)46-15-5-6-16-47(46)50/h1-35H. The fourth-order valence-corrected chi connectivity index (χ4v) is 9.57. The third kappa shape index (κ3) is 5.54. The second-order valence-electron chi connectivity index (χ2n) is 14.5. The first-order valence-corrected chi connectivity index (χ1v) is 20.0. The Balaban J connectivity index is 1.06. The highest BCUT2D eigenvalue weighted by Gasteiger charge is 2.20. The molecule has 0 bridgehead atoms. The molecule has 0 aliphatic heterocycles. The summed E-state index contributed by atoms with van der Waals surface area (Å²) in [5.41, 5.74) is 10.6. The number of benzene rings is 10. The number of anilines is 3. The van der Waals surface area contributed by atoms with Gasteiger partial charge in [-0.3, -0.25) is 0 Å². The van der Waals surface area contributed by atoms with E-state index in [0.717, 1.165) is 17.1 Å². The number of hydrogen-bond donors (Lipinski definition) is 0. The summed E-state index contributed by atoms with van der Waals surface area (Å²) in [4.78, 5) is 2.42. The maximum atomic E-state index is 2.42. The van der Waals surface area contributed by atoms with Crippen molar-refractivity contribution in [3.8, 4) is 33.4 Å². The minimum Gasteiger partial charge on any atom is -0.310 e. The van der Waals surface area contributed by atoms with Crippen LogP contribution in [0.1, 0.15) is 0 Å². The molecule has 0 fully saturated rings. The third-order valence-corrected chi connectivity index (χ3v) is 12.4. The Labute approximate surface area is 330 Å². The Kier molecular flexibility index (Phi) is 7.75. The molecule has 0 aliphatic carbocycles. The molecular weight excluding hydrogens is 695 g/mol. The maximum Gasteiger partial charge on any atom is 0.0540 e. The molecule has 0 saturated heterocycles. The Morgan fingerprint density at radius 2 is 0.821 bits per heavy atom. The monoisotopic (exact) mass is 729 g/mol. The number of thiophene rings is 1. The fraction of sp³-hybridized carbons (Fsp3) is 0. The molecule has 1 nitrogen and oxygen atoms in total. The van der Waals surface area contributed by atoms with Crippen molar-refractivity contribution in [2.75, 3.05) is 4.90 Å². The summed E-state index contributed by atoms with van der Waals surface area (Å²) in [6.07, 6.45) is 0. The molecule has 262 valence electrons. The van der Waals surface area contributed by atoms with Gasteiger partial charge >= 0.3 is 0 Å². The van der Waals surface area contributed by atoms with Crippen molar-refractivity contribution >= 4 is 80.9 Å². The van der Waals surface area contributed by atoms with Crippen LogP contribution >= 0.6 is 11.3 Å². The number of fused-ring (bicyclic) bond motifs is 7. The van der Waals surface area contributed by atoms with Crippen molar-refractivity contribution in [2.45, 2.75) is 0 Å². The van der Waals surface area contributed by atoms with Crippen LogP contribution < -0.4 is 4.90 Å². The van der Waals surface area contributed by atoms with Crippen LogP contribution in [0.4, 0.5) is 17.1 Å². The molecule has 0 aliphatic rings. The molecule has 0 N–H and O–H groups in total. The highest BCUT2D eigenvalue weighted by molar-refractivity contribution is 7.25. The van der Waals surface area contributed by atoms with Gasteiger partial charge < -0.3 is 4.90 Å². The van der Waals surface area contributed by atoms with E-state index in [9.17, 15) is 0 Å². The lowest BCUT2D eigenvalue weighted by atomic mass is 9.92. The predicted octanol–water partition coefficient (Wildman–Crippen LogP) is 16.0. The van der Waals surface area contributed by atoms with E-state index < -0.39 is 0 Å². The summed E-state index contributed by atoms with van der Waals surface area (Å²) in [5, 5.41) is 10.2. The Hall–Kier alpha value is -7.00. The summed E-state index contributed by atoms with van der Waals surface area (Å²) in [6, 6.07) is 77.8. The lowest BCUT2D eigenvalue weighted by molar-refractivity contribution is 1.28. The zero-order valence-electron chi connectivity index (χ0n) is 30.6. The molecule has 10 aromatic carbocycles. The highest BCUT2D eigenvalue weighted by Crippen LogP contribution is 2.45. The van der Waals surface area contributed by atoms with Crippen molar-refractivity contribution in [1.82, 2.24) is 0 Å². The van der Waals surface area contributed by atoms with Crippen LogP contribution in [-0.2, 0) is 0 Å². The van der Waals surface area contributed by atoms with Crippen LogP contribution in [0, 0.1) is 0 Å². The van der Waals surface area contributed by atoms with Gasteiger partial charge in [0.2, 0.25) is 0 Å². The minimum absolute atomic E-state index is 1.10. The zero-order chi connectivity index (χ0) is 37.0. The van der Waals surface area contributed by atoms with Crippen LogP contribution in [-0.4, -0.2) is 0 Å². The normalized spacial score (nSPS) is 11.6. The molecule has 0 radical (unpaired) electrons. The van der Waals surface area contributed by atoms with Gasteiger partial charge in [0.15, 0.2) is 0 Å². The zero-order valence-corrected chi connectivity index (χ0v) is 31.4. The summed E-state index contributed by atoms with van der Waals surface area (Å²) in [6.45, 7) is 0. The minimum atomic E-state index is 1.10. The summed E-state index contributed by atoms with van der Waals surface area (Å²) < 4.78 is 2.65. The lowest BCUT2D eigenvalue weighted by Crippen LogP contribution is -2.11. The Morgan fingerprint density at radius 1 is 0.286 bits per heavy atom. The third-order valence-electron chi connectivity index (χ3n) is 11.2. The van der Waals surface area contributed by atoms with Crippen molar-refractivity contribution in [2.24, 2.45) is 0 Å². The van der Waals surface area contributed by atoms with Crippen molar-refractivity contribution < 1.29 is 0 Å². The van der Waals surface area contributed by atoms with E-state index in [0.29, 0.717) is 0 Å². The van der Waals surface area contributed by atoms with Crippen LogP contribution in [0.2, 0.25) is 0 Å². The van der Waals surface area contributed by atoms with Crippen molar-refractivity contribution in [3.63, 3.8) is 0 Å². The molecule has 2 heteroatoms. The molecule has 0 saturated carbocycles. The van der Waals surface area contributed by atoms with E-state index >= 15 is 0 Å². The summed E-state index contributed by atoms with van der Waals surface area (Å²) >= 11 is 1.86. The van der Waals surface area contributed by atoms with Gasteiger partial charge in [0.1, 0.15) is 0 Å². The Morgan fingerprint density at radius 3 is 1.59 bits per heavy atom. The first-order valence-electron chi connectivity index (χ1n) is 19.2. The molecule has 0 unspecified atom stereocenters. The molecule has 0 spiro atoms. The predicted molar refractivity (Wildman–Crippen MR) is 243 cm³/mol. The van der Waals surface area contributed by atoms with Gasteiger partial charge in [-0.2, -0.15) is 0 Å². The van der Waals surface area contributed by atoms with Gasteiger partial charge in [0.05, 0.1) is 5.69 Å². The van der Waals surface area contributed by atoms with Gasteiger partial charge in [-0.25, -0.2) is 0 Å². The highest BCUT2D eigenvalue weighted by atomic mass is 32.1. The number of rotatable bonds is 6. The van der Waals surface area contributed by atoms with Crippen molar-refractivity contribution in [3.05, 3.63) is 212 Å². The molecular formula is C54H35NS. The summed E-state index contributed by atoms with van der Waals surface area (Å²) in [5.74, 6) is 0. The van der Waals surface area contributed by atoms with Crippen LogP contribution in [0.25, 0.3) is 85.9 Å². The van der Waals surface area contributed by atoms with E-state index in [4.69, 9.17) is 0 Å². The molecule has 1 heterocycles. The van der Waals surface area contributed by atoms with Gasteiger partial charge in [-0.1, -0.05) is 152 Å². The van der Waals surface area contributed by atoms with Gasteiger partial charge in [-0.05, 0) is 121 Å². The molecule has 1 aromatic heterocycles. The SMILES string of the molecule is c1ccc(N(c2ccc(-c3ccc4ccccc4c3)cc2)c2ccc(-c3ccc4sc5ccccc5c4c3)cc2)c(-c2cc3ccccc3c3ccccc23)c1. The number of para-hydroxylation sites is 1. The van der Waals surface area contributed by atoms with E-state index in [1.807, 2.05) is 11.3 Å². The second kappa shape index (κ2) is 13.4. The Bertz CT molecular complexity index is 3250. The van der Waals surface area contributed by atoms with E-state index in [2.05, 4.69) is 217 Å². The first kappa shape index (κ1) is 32.4. The van der Waals surface area contributed by atoms with Crippen molar-refractivity contribution in [1.29, 1.82) is 0 Å². The molecule has 56 heavy (non-hydrogen) atoms. The van der Waals surface area contributed by atoms with Gasteiger partial charge in [-0.15, -0.1) is 11.3 Å². The molecule has 0 amide bonds. The van der Waals surface area contributed by atoms with E-state index in [1.54, 1.807) is 0 Å². The van der Waals surface area contributed by atoms with Crippen LogP contribution in [0.15, 0.2) is 212 Å². The average Bonchev–Trinajstić information content (AvgIpc) is 3.65. The molecule has 11 rings (SSSR count). The number of hydrogen-bond acceptors (Lipinski definition) is 2. The maximum absolute atomic E-state index is 2.42. The second-order valence-corrected chi connectivity index (χ2v) is 15.6. The lowest BCUT2D eigenvalue weighted by Gasteiger charge is -2.28. The summed E-state index contributed by atoms with van der Waals surface area (Å²) in [7, 11) is 0. The van der Waals surface area contributed by atoms with E-state index in [-0.39, 0.29) is 0 Å². The number of nitrogens with zero attached hydrogens (tertiary/aromatic N) is 1. The van der Waals surface area contributed by atoms with Gasteiger partial charge in [0, 0.05) is 37.1 Å². The van der Waals surface area contributed by atoms with Gasteiger partial charge in [0.25, 0.3) is 0 Å². The van der Waals surface area contributed by atoms with Crippen LogP contribution in [0.3, 0.4) is 0 Å². The smallest absolute Gasteiger partial charge is 0.0540 e. The first-order chi connectivity index (χ1) is 27.7. The molecule has 0 atom stereocenters. The molecule has 11 aromatic rings. The fourth-order valence-electron chi connectivity index (χ4n) is 8.48. The quantitative estimate of drug-likeness (QED) is 0.154. The van der Waals surface area contributed by atoms with Crippen LogP contribution in [0.5, 0.6) is 0 Å². The average molecular weight is 730 g/mol. The van der Waals surface area contributed by atoms with E-state index in [1.165, 1.54) is 85.9 Å². The largest absolute Gasteiger partial charge is 0.310 e. The topological polar surface area (TPSA) is 3.24 Å².